The van der Waals surface area contributed by atoms with Crippen molar-refractivity contribution in [2.75, 3.05) is 20.7 Å². The molecule has 0 spiro atoms. The molecule has 0 N–H and O–H groups in total. The molecule has 0 atom stereocenters. The van der Waals surface area contributed by atoms with E-state index in [0.717, 1.165) is 23.1 Å². The highest BCUT2D eigenvalue weighted by atomic mass is 16.5. The molecule has 1 aromatic rings. The quantitative estimate of drug-likeness (QED) is 0.790. The molecule has 0 aromatic carbocycles. The fourth-order valence-corrected chi connectivity index (χ4v) is 2.29. The minimum atomic E-state index is -0.214. The van der Waals surface area contributed by atoms with Crippen LogP contribution < -0.4 is 0 Å². The van der Waals surface area contributed by atoms with E-state index in [9.17, 15) is 4.79 Å². The summed E-state index contributed by atoms with van der Waals surface area (Å²) in [5, 5.41) is 0. The number of hydrogen-bond donors (Lipinski definition) is 0. The van der Waals surface area contributed by atoms with Crippen molar-refractivity contribution in [1.29, 1.82) is 0 Å². The predicted molar refractivity (Wildman–Crippen MR) is 78.8 cm³/mol. The zero-order valence-electron chi connectivity index (χ0n) is 12.2. The van der Waals surface area contributed by atoms with Gasteiger partial charge in [0.1, 0.15) is 0 Å². The minimum absolute atomic E-state index is 0.214. The fourth-order valence-electron chi connectivity index (χ4n) is 2.29. The Bertz CT molecular complexity index is 545. The third-order valence-corrected chi connectivity index (χ3v) is 3.35. The lowest BCUT2D eigenvalue weighted by molar-refractivity contribution is -0.138. The first kappa shape index (κ1) is 14.3. The Hall–Kier alpha value is -2.10. The summed E-state index contributed by atoms with van der Waals surface area (Å²) in [7, 11) is 4.04. The molecule has 20 heavy (non-hydrogen) atoms. The lowest BCUT2D eigenvalue weighted by Gasteiger charge is -2.24. The highest BCUT2D eigenvalue weighted by Crippen LogP contribution is 2.32. The second kappa shape index (κ2) is 6.37. The van der Waals surface area contributed by atoms with Gasteiger partial charge in [0, 0.05) is 37.8 Å². The summed E-state index contributed by atoms with van der Waals surface area (Å²) < 4.78 is 5.17. The van der Waals surface area contributed by atoms with E-state index in [1.807, 2.05) is 33.2 Å². The maximum absolute atomic E-state index is 12.1. The van der Waals surface area contributed by atoms with E-state index < -0.39 is 0 Å². The summed E-state index contributed by atoms with van der Waals surface area (Å²) in [4.78, 5) is 18.2. The van der Waals surface area contributed by atoms with E-state index in [4.69, 9.17) is 4.74 Å². The average Bonchev–Trinajstić information content (AvgIpc) is 2.47. The van der Waals surface area contributed by atoms with E-state index in [0.29, 0.717) is 13.0 Å². The van der Waals surface area contributed by atoms with Crippen molar-refractivity contribution >= 4 is 11.5 Å². The van der Waals surface area contributed by atoms with E-state index in [1.54, 1.807) is 12.4 Å². The molecule has 0 saturated heterocycles. The molecule has 0 aliphatic heterocycles. The Labute approximate surface area is 119 Å². The lowest BCUT2D eigenvalue weighted by atomic mass is 9.91. The van der Waals surface area contributed by atoms with Crippen LogP contribution in [0.25, 0.3) is 5.57 Å². The number of allylic oxidation sites excluding steroid dienone is 3. The molecular formula is C16H20N2O2. The van der Waals surface area contributed by atoms with Crippen LogP contribution in [0.4, 0.5) is 0 Å². The Balaban J connectivity index is 2.47. The highest BCUT2D eigenvalue weighted by Gasteiger charge is 2.22. The molecule has 0 saturated carbocycles. The standard InChI is InChI=1S/C16H20N2O2/c1-4-20-16(19)14-6-5-13(18(2)3)11-15(14)12-7-9-17-10-8-12/h7-11H,4-6H2,1-3H3. The Morgan fingerprint density at radius 3 is 2.60 bits per heavy atom. The molecule has 1 aromatic heterocycles. The van der Waals surface area contributed by atoms with Crippen LogP contribution in [0.1, 0.15) is 25.3 Å². The second-order valence-corrected chi connectivity index (χ2v) is 4.88. The van der Waals surface area contributed by atoms with Gasteiger partial charge < -0.3 is 9.64 Å². The third kappa shape index (κ3) is 3.07. The van der Waals surface area contributed by atoms with Gasteiger partial charge in [-0.3, -0.25) is 4.98 Å². The molecule has 4 heteroatoms. The molecule has 1 aliphatic rings. The molecule has 4 nitrogen and oxygen atoms in total. The molecule has 0 unspecified atom stereocenters. The largest absolute Gasteiger partial charge is 0.463 e. The van der Waals surface area contributed by atoms with E-state index in [1.165, 1.54) is 5.70 Å². The van der Waals surface area contributed by atoms with Crippen molar-refractivity contribution in [2.45, 2.75) is 19.8 Å². The smallest absolute Gasteiger partial charge is 0.334 e. The molecule has 1 aliphatic carbocycles. The summed E-state index contributed by atoms with van der Waals surface area (Å²) in [5.74, 6) is -0.214. The predicted octanol–water partition coefficient (Wildman–Crippen LogP) is 2.64. The van der Waals surface area contributed by atoms with Crippen LogP contribution in [0, 0.1) is 0 Å². The fraction of sp³-hybridized carbons (Fsp3) is 0.375. The zero-order valence-corrected chi connectivity index (χ0v) is 12.2. The number of hydrogen-bond acceptors (Lipinski definition) is 4. The van der Waals surface area contributed by atoms with Crippen LogP contribution in [0.3, 0.4) is 0 Å². The molecule has 0 amide bonds. The molecule has 1 heterocycles. The van der Waals surface area contributed by atoms with Crippen LogP contribution >= 0.6 is 0 Å². The first-order chi connectivity index (χ1) is 9.63. The number of pyridine rings is 1. The summed E-state index contributed by atoms with van der Waals surface area (Å²) in [6.07, 6.45) is 7.12. The average molecular weight is 272 g/mol. The Morgan fingerprint density at radius 2 is 2.00 bits per heavy atom. The normalized spacial score (nSPS) is 14.8. The topological polar surface area (TPSA) is 42.4 Å². The molecule has 106 valence electrons. The molecule has 2 rings (SSSR count). The second-order valence-electron chi connectivity index (χ2n) is 4.88. The van der Waals surface area contributed by atoms with Gasteiger partial charge in [-0.2, -0.15) is 0 Å². The van der Waals surface area contributed by atoms with Gasteiger partial charge in [-0.25, -0.2) is 4.79 Å². The number of esters is 1. The van der Waals surface area contributed by atoms with E-state index >= 15 is 0 Å². The van der Waals surface area contributed by atoms with Crippen LogP contribution in [-0.2, 0) is 9.53 Å². The number of nitrogens with zero attached hydrogens (tertiary/aromatic N) is 2. The van der Waals surface area contributed by atoms with Crippen LogP contribution in [0.2, 0.25) is 0 Å². The number of carbonyl (C=O) groups excluding carboxylic acids is 1. The third-order valence-electron chi connectivity index (χ3n) is 3.35. The van der Waals surface area contributed by atoms with Crippen molar-refractivity contribution in [3.8, 4) is 0 Å². The van der Waals surface area contributed by atoms with Gasteiger partial charge in [-0.1, -0.05) is 0 Å². The first-order valence-corrected chi connectivity index (χ1v) is 6.82. The maximum atomic E-state index is 12.1. The number of ether oxygens (including phenoxy) is 1. The molecule has 0 bridgehead atoms. The van der Waals surface area contributed by atoms with Gasteiger partial charge in [-0.15, -0.1) is 0 Å². The summed E-state index contributed by atoms with van der Waals surface area (Å²) in [6.45, 7) is 2.23. The zero-order chi connectivity index (χ0) is 14.5. The monoisotopic (exact) mass is 272 g/mol. The summed E-state index contributed by atoms with van der Waals surface area (Å²) in [6, 6.07) is 3.84. The van der Waals surface area contributed by atoms with E-state index in [-0.39, 0.29) is 5.97 Å². The summed E-state index contributed by atoms with van der Waals surface area (Å²) in [5.41, 5.74) is 3.91. The van der Waals surface area contributed by atoms with Gasteiger partial charge >= 0.3 is 5.97 Å². The van der Waals surface area contributed by atoms with Crippen LogP contribution in [0.15, 0.2) is 41.9 Å². The molecule has 0 fully saturated rings. The minimum Gasteiger partial charge on any atom is -0.463 e. The number of rotatable bonds is 4. The maximum Gasteiger partial charge on any atom is 0.334 e. The molecule has 0 radical (unpaired) electrons. The van der Waals surface area contributed by atoms with Crippen LogP contribution in [0.5, 0.6) is 0 Å². The van der Waals surface area contributed by atoms with Gasteiger partial charge in [-0.05, 0) is 49.1 Å². The van der Waals surface area contributed by atoms with Crippen molar-refractivity contribution in [1.82, 2.24) is 9.88 Å². The van der Waals surface area contributed by atoms with Gasteiger partial charge in [0.2, 0.25) is 0 Å². The Kier molecular flexibility index (Phi) is 4.56. The van der Waals surface area contributed by atoms with Crippen molar-refractivity contribution in [3.63, 3.8) is 0 Å². The van der Waals surface area contributed by atoms with Gasteiger partial charge in [0.05, 0.1) is 6.61 Å². The van der Waals surface area contributed by atoms with Crippen molar-refractivity contribution in [2.24, 2.45) is 0 Å². The number of aromatic nitrogens is 1. The highest BCUT2D eigenvalue weighted by molar-refractivity contribution is 6.00. The van der Waals surface area contributed by atoms with Gasteiger partial charge in [0.15, 0.2) is 0 Å². The van der Waals surface area contributed by atoms with Crippen molar-refractivity contribution < 1.29 is 9.53 Å². The van der Waals surface area contributed by atoms with Gasteiger partial charge in [0.25, 0.3) is 0 Å². The lowest BCUT2D eigenvalue weighted by Crippen LogP contribution is -2.18. The number of carbonyl (C=O) groups is 1. The first-order valence-electron chi connectivity index (χ1n) is 6.82. The Morgan fingerprint density at radius 1 is 1.30 bits per heavy atom. The van der Waals surface area contributed by atoms with E-state index in [2.05, 4.69) is 16.0 Å². The van der Waals surface area contributed by atoms with Crippen molar-refractivity contribution in [3.05, 3.63) is 47.4 Å². The van der Waals surface area contributed by atoms with Crippen LogP contribution in [-0.4, -0.2) is 36.6 Å². The SMILES string of the molecule is CCOC(=O)C1=C(c2ccncc2)C=C(N(C)C)CC1. The summed E-state index contributed by atoms with van der Waals surface area (Å²) >= 11 is 0. The molecular weight excluding hydrogens is 252 g/mol.